The van der Waals surface area contributed by atoms with Crippen LogP contribution in [0, 0.1) is 6.92 Å². The maximum absolute atomic E-state index is 11.7. The molecule has 0 fully saturated rings. The highest BCUT2D eigenvalue weighted by molar-refractivity contribution is 14.0. The average Bonchev–Trinajstić information content (AvgIpc) is 3.08. The van der Waals surface area contributed by atoms with Gasteiger partial charge in [0.25, 0.3) is 0 Å². The van der Waals surface area contributed by atoms with Gasteiger partial charge in [-0.2, -0.15) is 5.10 Å². The minimum Gasteiger partial charge on any atom is -0.357 e. The summed E-state index contributed by atoms with van der Waals surface area (Å²) in [6.07, 6.45) is 5.88. The van der Waals surface area contributed by atoms with Gasteiger partial charge in [0.05, 0.1) is 11.4 Å². The first-order chi connectivity index (χ1) is 12.4. The monoisotopic (exact) mass is 505 g/mol. The zero-order valence-electron chi connectivity index (χ0n) is 16.0. The van der Waals surface area contributed by atoms with Crippen molar-refractivity contribution >= 4 is 39.8 Å². The molecule has 1 aromatic heterocycles. The average molecular weight is 505 g/mol. The number of nitrogens with zero attached hydrogens (tertiary/aromatic N) is 3. The lowest BCUT2D eigenvalue weighted by molar-refractivity contribution is 0.570. The van der Waals surface area contributed by atoms with Gasteiger partial charge in [0, 0.05) is 38.3 Å². The van der Waals surface area contributed by atoms with Crippen molar-refractivity contribution in [3.63, 3.8) is 0 Å². The Kier molecular flexibility index (Phi) is 9.78. The van der Waals surface area contributed by atoms with Gasteiger partial charge >= 0.3 is 0 Å². The number of rotatable bonds is 8. The van der Waals surface area contributed by atoms with Crippen molar-refractivity contribution in [2.24, 2.45) is 4.99 Å². The van der Waals surface area contributed by atoms with E-state index in [2.05, 4.69) is 20.7 Å². The molecular weight excluding hydrogens is 477 g/mol. The number of hydrogen-bond acceptors (Lipinski definition) is 4. The Labute approximate surface area is 178 Å². The SMILES string of the molecule is CCNC(=NCc1ccc(S(C)(=O)=O)c(C)c1)NCCCn1cccn1.I. The number of aliphatic imine (C=N–C) groups is 1. The molecule has 0 aliphatic carbocycles. The highest BCUT2D eigenvalue weighted by Gasteiger charge is 2.10. The normalized spacial score (nSPS) is 11.7. The van der Waals surface area contributed by atoms with E-state index in [1.807, 2.05) is 42.9 Å². The Balaban J connectivity index is 0.00000364. The van der Waals surface area contributed by atoms with E-state index in [1.165, 1.54) is 6.26 Å². The molecule has 0 spiro atoms. The molecule has 1 aromatic carbocycles. The Bertz CT molecular complexity index is 835. The maximum Gasteiger partial charge on any atom is 0.191 e. The lowest BCUT2D eigenvalue weighted by Gasteiger charge is -2.12. The van der Waals surface area contributed by atoms with E-state index in [9.17, 15) is 8.42 Å². The molecule has 0 amide bonds. The topological polar surface area (TPSA) is 88.4 Å². The van der Waals surface area contributed by atoms with E-state index in [0.29, 0.717) is 11.4 Å². The van der Waals surface area contributed by atoms with Gasteiger partial charge in [-0.1, -0.05) is 12.1 Å². The molecule has 0 aliphatic heterocycles. The van der Waals surface area contributed by atoms with Crippen LogP contribution in [0.1, 0.15) is 24.5 Å². The molecule has 0 bridgehead atoms. The molecule has 0 saturated heterocycles. The summed E-state index contributed by atoms with van der Waals surface area (Å²) in [6, 6.07) is 7.26. The molecule has 150 valence electrons. The van der Waals surface area contributed by atoms with Crippen LogP contribution in [-0.2, 0) is 22.9 Å². The Morgan fingerprint density at radius 1 is 1.30 bits per heavy atom. The van der Waals surface area contributed by atoms with Crippen LogP contribution in [0.2, 0.25) is 0 Å². The molecule has 2 N–H and O–H groups in total. The van der Waals surface area contributed by atoms with E-state index < -0.39 is 9.84 Å². The van der Waals surface area contributed by atoms with Crippen LogP contribution in [-0.4, -0.2) is 43.5 Å². The zero-order valence-corrected chi connectivity index (χ0v) is 19.1. The first kappa shape index (κ1) is 23.4. The van der Waals surface area contributed by atoms with Crippen molar-refractivity contribution in [3.8, 4) is 0 Å². The molecule has 9 heteroatoms. The van der Waals surface area contributed by atoms with Gasteiger partial charge in [-0.3, -0.25) is 4.68 Å². The third kappa shape index (κ3) is 7.87. The van der Waals surface area contributed by atoms with Crippen LogP contribution in [0.4, 0.5) is 0 Å². The minimum atomic E-state index is -3.19. The first-order valence-corrected chi connectivity index (χ1v) is 10.6. The number of halogens is 1. The van der Waals surface area contributed by atoms with Gasteiger partial charge in [-0.05, 0) is 43.5 Å². The Morgan fingerprint density at radius 2 is 2.07 bits per heavy atom. The summed E-state index contributed by atoms with van der Waals surface area (Å²) in [7, 11) is -3.19. The van der Waals surface area contributed by atoms with Crippen LogP contribution >= 0.6 is 24.0 Å². The molecule has 7 nitrogen and oxygen atoms in total. The lowest BCUT2D eigenvalue weighted by atomic mass is 10.1. The predicted octanol–water partition coefficient (Wildman–Crippen LogP) is 2.36. The lowest BCUT2D eigenvalue weighted by Crippen LogP contribution is -2.38. The first-order valence-electron chi connectivity index (χ1n) is 8.69. The highest BCUT2D eigenvalue weighted by atomic mass is 127. The molecule has 0 radical (unpaired) electrons. The van der Waals surface area contributed by atoms with Gasteiger partial charge in [0.2, 0.25) is 0 Å². The predicted molar refractivity (Wildman–Crippen MR) is 119 cm³/mol. The van der Waals surface area contributed by atoms with Crippen molar-refractivity contribution in [2.75, 3.05) is 19.3 Å². The summed E-state index contributed by atoms with van der Waals surface area (Å²) < 4.78 is 25.3. The second-order valence-corrected chi connectivity index (χ2v) is 8.10. The van der Waals surface area contributed by atoms with Crippen molar-refractivity contribution in [1.29, 1.82) is 0 Å². The molecule has 0 saturated carbocycles. The molecule has 0 unspecified atom stereocenters. The molecule has 27 heavy (non-hydrogen) atoms. The number of sulfone groups is 1. The van der Waals surface area contributed by atoms with Crippen molar-refractivity contribution in [1.82, 2.24) is 20.4 Å². The van der Waals surface area contributed by atoms with Gasteiger partial charge in [-0.15, -0.1) is 24.0 Å². The quantitative estimate of drug-likeness (QED) is 0.249. The van der Waals surface area contributed by atoms with Crippen LogP contribution in [0.25, 0.3) is 0 Å². The summed E-state index contributed by atoms with van der Waals surface area (Å²) >= 11 is 0. The van der Waals surface area contributed by atoms with E-state index in [4.69, 9.17) is 0 Å². The zero-order chi connectivity index (χ0) is 19.0. The Morgan fingerprint density at radius 3 is 2.67 bits per heavy atom. The summed E-state index contributed by atoms with van der Waals surface area (Å²) in [5.74, 6) is 0.748. The maximum atomic E-state index is 11.7. The molecule has 1 heterocycles. The summed E-state index contributed by atoms with van der Waals surface area (Å²) in [6.45, 7) is 6.73. The third-order valence-electron chi connectivity index (χ3n) is 3.82. The van der Waals surface area contributed by atoms with Gasteiger partial charge in [-0.25, -0.2) is 13.4 Å². The van der Waals surface area contributed by atoms with E-state index in [1.54, 1.807) is 12.3 Å². The van der Waals surface area contributed by atoms with Crippen molar-refractivity contribution in [2.45, 2.75) is 38.3 Å². The number of hydrogen-bond donors (Lipinski definition) is 2. The minimum absolute atomic E-state index is 0. The number of aromatic nitrogens is 2. The standard InChI is InChI=1S/C18H27N5O2S.HI/c1-4-19-18(20-9-5-11-23-12-6-10-22-23)21-14-16-7-8-17(15(2)13-16)26(3,24)25;/h6-8,10,12-13H,4-5,9,11,14H2,1-3H3,(H2,19,20,21);1H. The van der Waals surface area contributed by atoms with Crippen LogP contribution in [0.3, 0.4) is 0 Å². The fraction of sp³-hybridized carbons (Fsp3) is 0.444. The number of guanidine groups is 1. The molecule has 0 atom stereocenters. The van der Waals surface area contributed by atoms with Crippen LogP contribution in [0.5, 0.6) is 0 Å². The van der Waals surface area contributed by atoms with Gasteiger partial charge < -0.3 is 10.6 Å². The highest BCUT2D eigenvalue weighted by Crippen LogP contribution is 2.17. The third-order valence-corrected chi connectivity index (χ3v) is 5.08. The fourth-order valence-corrected chi connectivity index (χ4v) is 3.58. The summed E-state index contributed by atoms with van der Waals surface area (Å²) in [5.41, 5.74) is 1.72. The van der Waals surface area contributed by atoms with E-state index in [-0.39, 0.29) is 24.0 Å². The smallest absolute Gasteiger partial charge is 0.191 e. The van der Waals surface area contributed by atoms with Crippen molar-refractivity contribution < 1.29 is 8.42 Å². The second kappa shape index (κ2) is 11.3. The second-order valence-electron chi connectivity index (χ2n) is 6.12. The van der Waals surface area contributed by atoms with Crippen LogP contribution < -0.4 is 10.6 Å². The molecule has 2 aromatic rings. The molecular formula is C18H28IN5O2S. The van der Waals surface area contributed by atoms with Crippen LogP contribution in [0.15, 0.2) is 46.5 Å². The number of nitrogens with one attached hydrogen (secondary N) is 2. The molecule has 2 rings (SSSR count). The van der Waals surface area contributed by atoms with Gasteiger partial charge in [0.15, 0.2) is 15.8 Å². The Hall–Kier alpha value is -1.62. The van der Waals surface area contributed by atoms with E-state index in [0.717, 1.165) is 43.1 Å². The number of benzene rings is 1. The summed E-state index contributed by atoms with van der Waals surface area (Å²) in [4.78, 5) is 4.94. The number of aryl methyl sites for hydroxylation is 2. The fourth-order valence-electron chi connectivity index (χ4n) is 2.62. The van der Waals surface area contributed by atoms with E-state index >= 15 is 0 Å². The van der Waals surface area contributed by atoms with Gasteiger partial charge in [0.1, 0.15) is 0 Å². The molecule has 0 aliphatic rings. The summed E-state index contributed by atoms with van der Waals surface area (Å²) in [5, 5.41) is 10.7. The largest absolute Gasteiger partial charge is 0.357 e. The van der Waals surface area contributed by atoms with Crippen molar-refractivity contribution in [3.05, 3.63) is 47.8 Å².